The van der Waals surface area contributed by atoms with Crippen molar-refractivity contribution in [3.05, 3.63) is 29.8 Å². The number of carbonyl (C=O) groups is 1. The Morgan fingerprint density at radius 3 is 2.85 bits per heavy atom. The molecule has 20 heavy (non-hydrogen) atoms. The van der Waals surface area contributed by atoms with Crippen LogP contribution in [0.15, 0.2) is 29.2 Å². The van der Waals surface area contributed by atoms with Crippen LogP contribution < -0.4 is 5.32 Å². The van der Waals surface area contributed by atoms with Gasteiger partial charge in [0.2, 0.25) is 0 Å². The minimum atomic E-state index is -0.224. The Morgan fingerprint density at radius 1 is 1.50 bits per heavy atom. The third-order valence-corrected chi connectivity index (χ3v) is 3.57. The number of hydrogen-bond donors (Lipinski definition) is 2. The number of carbonyl (C=O) groups excluding carboxylic acids is 1. The van der Waals surface area contributed by atoms with Crippen molar-refractivity contribution < 1.29 is 9.90 Å². The van der Waals surface area contributed by atoms with Gasteiger partial charge >= 0.3 is 0 Å². The van der Waals surface area contributed by atoms with Gasteiger partial charge in [-0.15, -0.1) is 11.8 Å². The Hall–Kier alpha value is -1.51. The lowest BCUT2D eigenvalue weighted by Gasteiger charge is -2.18. The second-order valence-corrected chi connectivity index (χ2v) is 6.01. The topological polar surface area (TPSA) is 73.1 Å². The minimum absolute atomic E-state index is 0.0627. The Bertz CT molecular complexity index is 483. The van der Waals surface area contributed by atoms with E-state index in [4.69, 9.17) is 5.26 Å². The van der Waals surface area contributed by atoms with Crippen LogP contribution in [0, 0.1) is 17.2 Å². The van der Waals surface area contributed by atoms with Crippen molar-refractivity contribution in [2.45, 2.75) is 31.2 Å². The predicted molar refractivity (Wildman–Crippen MR) is 80.6 cm³/mol. The Kier molecular flexibility index (Phi) is 7.13. The zero-order valence-corrected chi connectivity index (χ0v) is 12.6. The number of benzene rings is 1. The summed E-state index contributed by atoms with van der Waals surface area (Å²) in [4.78, 5) is 13.0. The zero-order chi connectivity index (χ0) is 15.0. The van der Waals surface area contributed by atoms with Crippen LogP contribution in [-0.2, 0) is 0 Å². The summed E-state index contributed by atoms with van der Waals surface area (Å²) in [6.07, 6.45) is 0.741. The highest BCUT2D eigenvalue weighted by molar-refractivity contribution is 7.99. The van der Waals surface area contributed by atoms with Gasteiger partial charge in [-0.2, -0.15) is 5.26 Å². The van der Waals surface area contributed by atoms with Crippen molar-refractivity contribution >= 4 is 17.7 Å². The van der Waals surface area contributed by atoms with E-state index in [-0.39, 0.29) is 18.6 Å². The minimum Gasteiger partial charge on any atom is -0.394 e. The molecule has 0 fully saturated rings. The first-order chi connectivity index (χ1) is 9.56. The molecule has 0 heterocycles. The molecule has 4 nitrogen and oxygen atoms in total. The standard InChI is InChI=1S/C15H20N2O2S/c1-11(2)8-13(10-18)17-15(19)12-4-3-5-14(9-12)20-7-6-16/h3-5,9,11,13,18H,7-8,10H2,1-2H3,(H,17,19). The van der Waals surface area contributed by atoms with E-state index in [0.29, 0.717) is 17.2 Å². The highest BCUT2D eigenvalue weighted by Gasteiger charge is 2.14. The van der Waals surface area contributed by atoms with Crippen molar-refractivity contribution in [3.63, 3.8) is 0 Å². The molecule has 5 heteroatoms. The van der Waals surface area contributed by atoms with Gasteiger partial charge in [-0.1, -0.05) is 19.9 Å². The Balaban J connectivity index is 2.69. The molecule has 0 aromatic heterocycles. The number of aliphatic hydroxyl groups is 1. The number of thioether (sulfide) groups is 1. The van der Waals surface area contributed by atoms with Gasteiger partial charge in [-0.3, -0.25) is 4.79 Å². The van der Waals surface area contributed by atoms with E-state index in [9.17, 15) is 9.90 Å². The maximum atomic E-state index is 12.1. The molecular formula is C15H20N2O2S. The quantitative estimate of drug-likeness (QED) is 0.757. The first kappa shape index (κ1) is 16.5. The van der Waals surface area contributed by atoms with Gasteiger partial charge in [-0.05, 0) is 30.5 Å². The summed E-state index contributed by atoms with van der Waals surface area (Å²) in [6.45, 7) is 4.04. The SMILES string of the molecule is CC(C)CC(CO)NC(=O)c1cccc(SCC#N)c1. The fraction of sp³-hybridized carbons (Fsp3) is 0.467. The van der Waals surface area contributed by atoms with Gasteiger partial charge in [0, 0.05) is 10.5 Å². The highest BCUT2D eigenvalue weighted by Crippen LogP contribution is 2.18. The molecule has 0 spiro atoms. The molecular weight excluding hydrogens is 272 g/mol. The summed E-state index contributed by atoms with van der Waals surface area (Å²) >= 11 is 1.40. The summed E-state index contributed by atoms with van der Waals surface area (Å²) in [7, 11) is 0. The van der Waals surface area contributed by atoms with E-state index in [0.717, 1.165) is 11.3 Å². The van der Waals surface area contributed by atoms with Crippen molar-refractivity contribution in [2.24, 2.45) is 5.92 Å². The fourth-order valence-electron chi connectivity index (χ4n) is 1.86. The lowest BCUT2D eigenvalue weighted by molar-refractivity contribution is 0.0908. The van der Waals surface area contributed by atoms with Crippen LogP contribution in [0.2, 0.25) is 0 Å². The van der Waals surface area contributed by atoms with Gasteiger partial charge in [0.1, 0.15) is 0 Å². The number of nitriles is 1. The third-order valence-electron chi connectivity index (χ3n) is 2.71. The second-order valence-electron chi connectivity index (χ2n) is 4.96. The molecule has 1 rings (SSSR count). The van der Waals surface area contributed by atoms with Crippen LogP contribution in [0.25, 0.3) is 0 Å². The van der Waals surface area contributed by atoms with E-state index >= 15 is 0 Å². The monoisotopic (exact) mass is 292 g/mol. The highest BCUT2D eigenvalue weighted by atomic mass is 32.2. The Morgan fingerprint density at radius 2 is 2.25 bits per heavy atom. The van der Waals surface area contributed by atoms with Crippen molar-refractivity contribution in [3.8, 4) is 6.07 Å². The van der Waals surface area contributed by atoms with Crippen molar-refractivity contribution in [1.82, 2.24) is 5.32 Å². The Labute approximate surface area is 124 Å². The number of hydrogen-bond acceptors (Lipinski definition) is 4. The average molecular weight is 292 g/mol. The molecule has 0 saturated heterocycles. The fourth-order valence-corrected chi connectivity index (χ4v) is 2.48. The summed E-state index contributed by atoms with van der Waals surface area (Å²) in [5, 5.41) is 20.7. The maximum Gasteiger partial charge on any atom is 0.251 e. The molecule has 1 atom stereocenters. The van der Waals surface area contributed by atoms with Crippen LogP contribution >= 0.6 is 11.8 Å². The molecule has 0 aliphatic heterocycles. The normalized spacial score (nSPS) is 11.9. The molecule has 1 aromatic carbocycles. The molecule has 0 aliphatic carbocycles. The molecule has 0 aliphatic rings. The summed E-state index contributed by atoms with van der Waals surface area (Å²) in [5.74, 6) is 0.576. The van der Waals surface area contributed by atoms with Crippen molar-refractivity contribution in [2.75, 3.05) is 12.4 Å². The number of aliphatic hydroxyl groups excluding tert-OH is 1. The third kappa shape index (κ3) is 5.64. The van der Waals surface area contributed by atoms with E-state index in [1.165, 1.54) is 11.8 Å². The van der Waals surface area contributed by atoms with Crippen molar-refractivity contribution in [1.29, 1.82) is 5.26 Å². The predicted octanol–water partition coefficient (Wildman–Crippen LogP) is 2.44. The molecule has 1 unspecified atom stereocenters. The zero-order valence-electron chi connectivity index (χ0n) is 11.8. The van der Waals surface area contributed by atoms with Crippen LogP contribution in [0.3, 0.4) is 0 Å². The van der Waals surface area contributed by atoms with Gasteiger partial charge in [0.05, 0.1) is 24.5 Å². The number of nitrogens with one attached hydrogen (secondary N) is 1. The number of amides is 1. The number of rotatable bonds is 7. The van der Waals surface area contributed by atoms with Gasteiger partial charge in [0.25, 0.3) is 5.91 Å². The largest absolute Gasteiger partial charge is 0.394 e. The molecule has 108 valence electrons. The van der Waals surface area contributed by atoms with Gasteiger partial charge in [0.15, 0.2) is 0 Å². The lowest BCUT2D eigenvalue weighted by Crippen LogP contribution is -2.38. The average Bonchev–Trinajstić information content (AvgIpc) is 2.44. The first-order valence-corrected chi connectivity index (χ1v) is 7.57. The summed E-state index contributed by atoms with van der Waals surface area (Å²) in [5.41, 5.74) is 0.551. The molecule has 1 aromatic rings. The maximum absolute atomic E-state index is 12.1. The number of nitrogens with zero attached hydrogens (tertiary/aromatic N) is 1. The van der Waals surface area contributed by atoms with E-state index in [2.05, 4.69) is 11.4 Å². The molecule has 1 amide bonds. The van der Waals surface area contributed by atoms with Crippen LogP contribution in [-0.4, -0.2) is 29.4 Å². The summed E-state index contributed by atoms with van der Waals surface area (Å²) < 4.78 is 0. The molecule has 0 radical (unpaired) electrons. The van der Waals surface area contributed by atoms with Crippen LogP contribution in [0.1, 0.15) is 30.6 Å². The van der Waals surface area contributed by atoms with Gasteiger partial charge < -0.3 is 10.4 Å². The van der Waals surface area contributed by atoms with E-state index in [1.54, 1.807) is 18.2 Å². The molecule has 0 saturated carbocycles. The smallest absolute Gasteiger partial charge is 0.251 e. The van der Waals surface area contributed by atoms with Crippen LogP contribution in [0.5, 0.6) is 0 Å². The lowest BCUT2D eigenvalue weighted by atomic mass is 10.0. The molecule has 0 bridgehead atoms. The van der Waals surface area contributed by atoms with Gasteiger partial charge in [-0.25, -0.2) is 0 Å². The van der Waals surface area contributed by atoms with E-state index in [1.807, 2.05) is 19.9 Å². The summed E-state index contributed by atoms with van der Waals surface area (Å²) in [6, 6.07) is 9.00. The molecule has 2 N–H and O–H groups in total. The van der Waals surface area contributed by atoms with E-state index < -0.39 is 0 Å². The second kappa shape index (κ2) is 8.62. The first-order valence-electron chi connectivity index (χ1n) is 6.58. The van der Waals surface area contributed by atoms with Crippen LogP contribution in [0.4, 0.5) is 0 Å².